The third kappa shape index (κ3) is 8.61. The number of carboxylic acid groups (broad SMARTS) is 1. The average Bonchev–Trinajstić information content (AvgIpc) is 3.54. The van der Waals surface area contributed by atoms with Crippen LogP contribution in [0.2, 0.25) is 0 Å². The minimum atomic E-state index is -4.81. The highest BCUT2D eigenvalue weighted by Crippen LogP contribution is 2.52. The van der Waals surface area contributed by atoms with Gasteiger partial charge in [0.15, 0.2) is 5.71 Å². The van der Waals surface area contributed by atoms with Gasteiger partial charge in [-0.15, -0.1) is 0 Å². The van der Waals surface area contributed by atoms with E-state index < -0.39 is 52.2 Å². The summed E-state index contributed by atoms with van der Waals surface area (Å²) in [5.41, 5.74) is 4.28. The van der Waals surface area contributed by atoms with Gasteiger partial charge in [0.05, 0.1) is 11.1 Å². The van der Waals surface area contributed by atoms with Gasteiger partial charge >= 0.3 is 36.5 Å². The molecule has 19 heteroatoms. The number of benzene rings is 4. The van der Waals surface area contributed by atoms with E-state index in [1.54, 1.807) is 24.3 Å². The van der Waals surface area contributed by atoms with Crippen LogP contribution in [0.4, 0.5) is 17.1 Å². The molecule has 0 saturated carbocycles. The third-order valence-corrected chi connectivity index (χ3v) is 14.1. The highest BCUT2D eigenvalue weighted by molar-refractivity contribution is 7.87. The Balaban J connectivity index is 1.43. The highest BCUT2D eigenvalue weighted by Gasteiger charge is 2.46. The lowest BCUT2D eigenvalue weighted by molar-refractivity contribution is -0.438. The number of carbonyl (C=O) groups is 1. The average molecular weight is 897 g/mol. The molecule has 4 aromatic carbocycles. The molecule has 0 saturated heterocycles. The Bertz CT molecular complexity index is 2940. The van der Waals surface area contributed by atoms with Gasteiger partial charge in [-0.1, -0.05) is 44.2 Å². The summed E-state index contributed by atoms with van der Waals surface area (Å²) in [6.07, 6.45) is 11.5. The van der Waals surface area contributed by atoms with Gasteiger partial charge in [0.2, 0.25) is 5.69 Å². The zero-order valence-corrected chi connectivity index (χ0v) is 37.0. The standard InChI is InChI=1S/C42H49N5O11S3/c1-7-46-32-19-17-28-30(22-26(2)23-34(28)59(50,51)57-43)39(32)41(3,4)36(46)14-10-8-11-15-37-42(5,6)40-31-24-27(45-61(54,55)56)25-35(60(52,53)58-44)29(31)18-20-33(40)47(37)21-13-9-12-16-38(48)49/h8,10-11,14-15,17-20,22-25,45H,7,9,12-13,16,21,43-44H2,1-6H3,(H-,48,49,54,55,56)/p+1. The number of nitrogens with zero attached hydrogens (tertiary/aromatic N) is 2. The second-order valence-electron chi connectivity index (χ2n) is 16.1. The van der Waals surface area contributed by atoms with Gasteiger partial charge in [0.25, 0.3) is 0 Å². The number of nitrogens with one attached hydrogen (secondary N) is 1. The van der Waals surface area contributed by atoms with Crippen LogP contribution < -0.4 is 21.4 Å². The molecule has 16 nitrogen and oxygen atoms in total. The van der Waals surface area contributed by atoms with Crippen LogP contribution in [-0.4, -0.2) is 64.3 Å². The highest BCUT2D eigenvalue weighted by atomic mass is 32.2. The van der Waals surface area contributed by atoms with E-state index in [1.165, 1.54) is 6.07 Å². The summed E-state index contributed by atoms with van der Waals surface area (Å²) in [7, 11) is -13.6. The summed E-state index contributed by atoms with van der Waals surface area (Å²) in [5, 5.41) is 11.1. The van der Waals surface area contributed by atoms with Gasteiger partial charge in [0.1, 0.15) is 16.3 Å². The number of aryl methyl sites for hydroxylation is 1. The van der Waals surface area contributed by atoms with Crippen LogP contribution in [0, 0.1) is 6.92 Å². The summed E-state index contributed by atoms with van der Waals surface area (Å²) in [6, 6.07) is 13.0. The van der Waals surface area contributed by atoms with Gasteiger partial charge in [-0.3, -0.25) is 14.1 Å². The SMILES string of the molecule is CCN1C(=CC=CC=CC2=[N+](CCCCCC(=O)O)c3ccc4c(S(=O)(=O)ON)cc(NS(=O)(=O)O)cc4c3C2(C)C)C(C)(C)c2c1ccc1c(S(=O)(=O)ON)cc(C)cc21. The van der Waals surface area contributed by atoms with E-state index in [9.17, 15) is 39.7 Å². The van der Waals surface area contributed by atoms with Gasteiger partial charge in [-0.05, 0) is 98.8 Å². The lowest BCUT2D eigenvalue weighted by Crippen LogP contribution is -2.28. The summed E-state index contributed by atoms with van der Waals surface area (Å²) in [5.74, 6) is 9.47. The molecule has 0 fully saturated rings. The number of hydrogen-bond acceptors (Lipinski definition) is 12. The van der Waals surface area contributed by atoms with Crippen LogP contribution in [0.3, 0.4) is 0 Å². The Morgan fingerprint density at radius 2 is 1.43 bits per heavy atom. The van der Waals surface area contributed by atoms with E-state index in [2.05, 4.69) is 31.9 Å². The molecular formula is C42H50N5O11S3+. The number of rotatable bonds is 16. The fraction of sp³-hybridized carbons (Fsp3) is 0.333. The first-order valence-electron chi connectivity index (χ1n) is 19.4. The first-order chi connectivity index (χ1) is 28.5. The summed E-state index contributed by atoms with van der Waals surface area (Å²) in [4.78, 5) is 13.0. The van der Waals surface area contributed by atoms with Crippen molar-refractivity contribution in [3.05, 3.63) is 101 Å². The maximum atomic E-state index is 13.0. The molecule has 326 valence electrons. The van der Waals surface area contributed by atoms with E-state index in [0.29, 0.717) is 48.7 Å². The van der Waals surface area contributed by atoms with Crippen LogP contribution in [0.15, 0.2) is 94.4 Å². The second-order valence-corrected chi connectivity index (χ2v) is 20.3. The Labute approximate surface area is 355 Å². The topological polar surface area (TPSA) is 249 Å². The van der Waals surface area contributed by atoms with Gasteiger partial charge in [-0.2, -0.15) is 50.2 Å². The van der Waals surface area contributed by atoms with E-state index >= 15 is 0 Å². The van der Waals surface area contributed by atoms with Crippen LogP contribution in [0.5, 0.6) is 0 Å². The quantitative estimate of drug-likeness (QED) is 0.0265. The fourth-order valence-corrected chi connectivity index (χ4v) is 11.0. The molecule has 0 aliphatic carbocycles. The molecule has 0 atom stereocenters. The van der Waals surface area contributed by atoms with Crippen molar-refractivity contribution in [2.45, 2.75) is 87.8 Å². The zero-order chi connectivity index (χ0) is 44.9. The van der Waals surface area contributed by atoms with Crippen molar-refractivity contribution in [1.29, 1.82) is 0 Å². The number of carboxylic acids is 1. The van der Waals surface area contributed by atoms with Crippen molar-refractivity contribution in [2.75, 3.05) is 22.7 Å². The summed E-state index contributed by atoms with van der Waals surface area (Å²) in [6.45, 7) is 13.1. The molecule has 2 aliphatic rings. The number of hydrogen-bond donors (Lipinski definition) is 5. The summed E-state index contributed by atoms with van der Waals surface area (Å²) >= 11 is 0. The number of allylic oxidation sites excluding steroid dienone is 6. The van der Waals surface area contributed by atoms with E-state index in [4.69, 9.17) is 11.8 Å². The number of nitrogens with two attached hydrogens (primary N) is 2. The van der Waals surface area contributed by atoms with Crippen molar-refractivity contribution in [2.24, 2.45) is 11.8 Å². The van der Waals surface area contributed by atoms with Gasteiger partial charge in [-0.25, -0.2) is 0 Å². The van der Waals surface area contributed by atoms with Crippen molar-refractivity contribution >= 4 is 80.8 Å². The zero-order valence-electron chi connectivity index (χ0n) is 34.6. The maximum absolute atomic E-state index is 13.0. The molecule has 61 heavy (non-hydrogen) atoms. The van der Waals surface area contributed by atoms with E-state index in [1.807, 2.05) is 74.9 Å². The Morgan fingerprint density at radius 3 is 2.03 bits per heavy atom. The minimum absolute atomic E-state index is 0.00355. The molecule has 0 bridgehead atoms. The van der Waals surface area contributed by atoms with E-state index in [0.717, 1.165) is 45.4 Å². The molecule has 0 radical (unpaired) electrons. The molecule has 2 aliphatic heterocycles. The predicted molar refractivity (Wildman–Crippen MR) is 234 cm³/mol. The number of unbranched alkanes of at least 4 members (excludes halogenated alkanes) is 2. The number of anilines is 2. The van der Waals surface area contributed by atoms with Crippen LogP contribution in [-0.2, 0) is 54.7 Å². The van der Waals surface area contributed by atoms with Crippen LogP contribution >= 0.6 is 0 Å². The molecule has 4 aromatic rings. The van der Waals surface area contributed by atoms with Crippen molar-refractivity contribution in [1.82, 2.24) is 0 Å². The molecule has 2 heterocycles. The number of likely N-dealkylation sites (N-methyl/N-ethyl adjacent to an activating group) is 1. The Hall–Kier alpha value is -4.99. The molecular weight excluding hydrogens is 847 g/mol. The Kier molecular flexibility index (Phi) is 12.5. The monoisotopic (exact) mass is 896 g/mol. The predicted octanol–water partition coefficient (Wildman–Crippen LogP) is 6.51. The minimum Gasteiger partial charge on any atom is -0.481 e. The van der Waals surface area contributed by atoms with Gasteiger partial charge < -0.3 is 10.0 Å². The first kappa shape index (κ1) is 45.5. The Morgan fingerprint density at radius 1 is 0.803 bits per heavy atom. The fourth-order valence-electron chi connectivity index (χ4n) is 8.85. The maximum Gasteiger partial charge on any atom is 0.357 e. The van der Waals surface area contributed by atoms with Crippen LogP contribution in [0.1, 0.15) is 77.0 Å². The number of aliphatic carboxylic acids is 1. The van der Waals surface area contributed by atoms with Crippen LogP contribution in [0.25, 0.3) is 21.5 Å². The largest absolute Gasteiger partial charge is 0.481 e. The smallest absolute Gasteiger partial charge is 0.357 e. The van der Waals surface area contributed by atoms with Crippen molar-refractivity contribution < 1.29 is 52.9 Å². The molecule has 0 amide bonds. The molecule has 7 N–H and O–H groups in total. The second kappa shape index (κ2) is 16.7. The molecule has 6 rings (SSSR count). The molecule has 0 unspecified atom stereocenters. The summed E-state index contributed by atoms with van der Waals surface area (Å²) < 4.78 is 98.0. The third-order valence-electron chi connectivity index (χ3n) is 11.3. The molecule has 0 spiro atoms. The normalized spacial score (nSPS) is 17.1. The van der Waals surface area contributed by atoms with Crippen molar-refractivity contribution in [3.8, 4) is 0 Å². The lowest BCUT2D eigenvalue weighted by atomic mass is 9.79. The molecule has 0 aromatic heterocycles. The first-order valence-corrected chi connectivity index (χ1v) is 23.7. The lowest BCUT2D eigenvalue weighted by Gasteiger charge is -2.26. The van der Waals surface area contributed by atoms with Crippen molar-refractivity contribution in [3.63, 3.8) is 0 Å². The number of fused-ring (bicyclic) bond motifs is 6. The van der Waals surface area contributed by atoms with E-state index in [-0.39, 0.29) is 22.4 Å². The van der Waals surface area contributed by atoms with Gasteiger partial charge in [0, 0.05) is 64.7 Å².